The molecule has 2 nitrogen and oxygen atoms in total. The van der Waals surface area contributed by atoms with E-state index in [-0.39, 0.29) is 5.12 Å². The van der Waals surface area contributed by atoms with Gasteiger partial charge in [-0.3, -0.25) is 9.78 Å². The third kappa shape index (κ3) is 4.66. The summed E-state index contributed by atoms with van der Waals surface area (Å²) in [6.07, 6.45) is 4.26. The standard InChI is InChI=1S/C12H13NOS/c1-10-6-7-13-9-12(10)5-3-4-8-15-11(2)14/h6-7,9H,4,8H2,1-2H3. The van der Waals surface area contributed by atoms with Crippen molar-refractivity contribution in [3.63, 3.8) is 0 Å². The van der Waals surface area contributed by atoms with Gasteiger partial charge in [-0.15, -0.1) is 0 Å². The monoisotopic (exact) mass is 219 g/mol. The fourth-order valence-electron chi connectivity index (χ4n) is 0.998. The molecule has 0 aromatic carbocycles. The Labute approximate surface area is 94.5 Å². The van der Waals surface area contributed by atoms with Crippen molar-refractivity contribution in [1.29, 1.82) is 0 Å². The van der Waals surface area contributed by atoms with Gasteiger partial charge >= 0.3 is 0 Å². The number of aromatic nitrogens is 1. The number of pyridine rings is 1. The van der Waals surface area contributed by atoms with Crippen molar-refractivity contribution in [2.75, 3.05) is 5.75 Å². The van der Waals surface area contributed by atoms with Gasteiger partial charge in [0.15, 0.2) is 5.12 Å². The quantitative estimate of drug-likeness (QED) is 0.565. The largest absolute Gasteiger partial charge is 0.288 e. The summed E-state index contributed by atoms with van der Waals surface area (Å²) in [4.78, 5) is 14.6. The highest BCUT2D eigenvalue weighted by Crippen LogP contribution is 2.04. The Morgan fingerprint density at radius 1 is 1.60 bits per heavy atom. The van der Waals surface area contributed by atoms with Crippen molar-refractivity contribution in [1.82, 2.24) is 4.98 Å². The van der Waals surface area contributed by atoms with Crippen molar-refractivity contribution >= 4 is 16.9 Å². The zero-order valence-electron chi connectivity index (χ0n) is 8.91. The van der Waals surface area contributed by atoms with Crippen molar-refractivity contribution in [2.24, 2.45) is 0 Å². The lowest BCUT2D eigenvalue weighted by Crippen LogP contribution is -1.85. The molecule has 0 N–H and O–H groups in total. The van der Waals surface area contributed by atoms with Crippen molar-refractivity contribution < 1.29 is 4.79 Å². The molecule has 0 fully saturated rings. The van der Waals surface area contributed by atoms with Gasteiger partial charge in [-0.25, -0.2) is 0 Å². The summed E-state index contributed by atoms with van der Waals surface area (Å²) in [6, 6.07) is 1.94. The summed E-state index contributed by atoms with van der Waals surface area (Å²) < 4.78 is 0. The van der Waals surface area contributed by atoms with Gasteiger partial charge in [-0.2, -0.15) is 0 Å². The molecule has 0 saturated heterocycles. The minimum atomic E-state index is 0.148. The lowest BCUT2D eigenvalue weighted by Gasteiger charge is -1.94. The van der Waals surface area contributed by atoms with Gasteiger partial charge in [-0.05, 0) is 18.6 Å². The summed E-state index contributed by atoms with van der Waals surface area (Å²) in [5.41, 5.74) is 2.10. The van der Waals surface area contributed by atoms with Gasteiger partial charge < -0.3 is 0 Å². The van der Waals surface area contributed by atoms with Gasteiger partial charge in [0.1, 0.15) is 0 Å². The first kappa shape index (κ1) is 11.8. The summed E-state index contributed by atoms with van der Waals surface area (Å²) in [5.74, 6) is 6.85. The second-order valence-corrected chi connectivity index (χ2v) is 4.35. The molecule has 0 spiro atoms. The third-order valence-electron chi connectivity index (χ3n) is 1.79. The topological polar surface area (TPSA) is 30.0 Å². The number of carbonyl (C=O) groups excluding carboxylic acids is 1. The van der Waals surface area contributed by atoms with Crippen LogP contribution in [0.5, 0.6) is 0 Å². The van der Waals surface area contributed by atoms with Crippen LogP contribution in [0.3, 0.4) is 0 Å². The molecule has 0 aliphatic rings. The van der Waals surface area contributed by atoms with Crippen LogP contribution in [-0.4, -0.2) is 15.9 Å². The molecular formula is C12H13NOS. The van der Waals surface area contributed by atoms with Crippen LogP contribution in [0.4, 0.5) is 0 Å². The zero-order chi connectivity index (χ0) is 11.1. The van der Waals surface area contributed by atoms with E-state index in [1.807, 2.05) is 13.0 Å². The van der Waals surface area contributed by atoms with Crippen LogP contribution in [0.15, 0.2) is 18.5 Å². The highest BCUT2D eigenvalue weighted by Gasteiger charge is 1.92. The molecule has 1 rings (SSSR count). The average Bonchev–Trinajstić information content (AvgIpc) is 2.20. The number of hydrogen-bond donors (Lipinski definition) is 0. The summed E-state index contributed by atoms with van der Waals surface area (Å²) >= 11 is 1.31. The fraction of sp³-hybridized carbons (Fsp3) is 0.333. The van der Waals surface area contributed by atoms with E-state index in [1.165, 1.54) is 11.8 Å². The first-order valence-corrected chi connectivity index (χ1v) is 5.71. The van der Waals surface area contributed by atoms with Crippen molar-refractivity contribution in [3.8, 4) is 11.8 Å². The van der Waals surface area contributed by atoms with E-state index in [4.69, 9.17) is 0 Å². The van der Waals surface area contributed by atoms with Gasteiger partial charge in [0.25, 0.3) is 0 Å². The number of thioether (sulfide) groups is 1. The number of aryl methyl sites for hydroxylation is 1. The molecule has 0 amide bonds. The first-order valence-electron chi connectivity index (χ1n) is 4.73. The maximum absolute atomic E-state index is 10.6. The molecule has 0 aliphatic heterocycles. The maximum Gasteiger partial charge on any atom is 0.185 e. The van der Waals surface area contributed by atoms with Gasteiger partial charge in [-0.1, -0.05) is 23.6 Å². The van der Waals surface area contributed by atoms with E-state index in [1.54, 1.807) is 19.3 Å². The van der Waals surface area contributed by atoms with Crippen LogP contribution in [0.2, 0.25) is 0 Å². The molecule has 3 heteroatoms. The van der Waals surface area contributed by atoms with E-state index in [0.29, 0.717) is 0 Å². The van der Waals surface area contributed by atoms with Crippen molar-refractivity contribution in [3.05, 3.63) is 29.6 Å². The highest BCUT2D eigenvalue weighted by molar-refractivity contribution is 8.13. The normalized spacial score (nSPS) is 9.20. The Morgan fingerprint density at radius 3 is 3.07 bits per heavy atom. The third-order valence-corrected chi connectivity index (χ3v) is 2.61. The Hall–Kier alpha value is -1.27. The number of carbonyl (C=O) groups is 1. The van der Waals surface area contributed by atoms with Crippen LogP contribution in [-0.2, 0) is 4.79 Å². The molecule has 15 heavy (non-hydrogen) atoms. The average molecular weight is 219 g/mol. The zero-order valence-corrected chi connectivity index (χ0v) is 9.73. The molecule has 1 heterocycles. The predicted octanol–water partition coefficient (Wildman–Crippen LogP) is 2.41. The smallest absolute Gasteiger partial charge is 0.185 e. The maximum atomic E-state index is 10.6. The summed E-state index contributed by atoms with van der Waals surface area (Å²) in [6.45, 7) is 3.58. The van der Waals surface area contributed by atoms with E-state index >= 15 is 0 Å². The number of hydrogen-bond acceptors (Lipinski definition) is 3. The fourth-order valence-corrected chi connectivity index (χ4v) is 1.49. The lowest BCUT2D eigenvalue weighted by atomic mass is 10.2. The Bertz CT molecular complexity index is 404. The Balaban J connectivity index is 2.45. The molecule has 0 aliphatic carbocycles. The molecule has 0 unspecified atom stereocenters. The van der Waals surface area contributed by atoms with E-state index in [2.05, 4.69) is 16.8 Å². The molecule has 0 radical (unpaired) electrons. The minimum absolute atomic E-state index is 0.148. The van der Waals surface area contributed by atoms with Crippen LogP contribution in [0, 0.1) is 18.8 Å². The SMILES string of the molecule is CC(=O)SCCC#Cc1cnccc1C. The van der Waals surface area contributed by atoms with E-state index in [0.717, 1.165) is 23.3 Å². The summed E-state index contributed by atoms with van der Waals surface area (Å²) in [5, 5.41) is 0.148. The van der Waals surface area contributed by atoms with Crippen LogP contribution in [0.1, 0.15) is 24.5 Å². The molecule has 78 valence electrons. The summed E-state index contributed by atoms with van der Waals surface area (Å²) in [7, 11) is 0. The molecule has 0 saturated carbocycles. The molecule has 1 aromatic rings. The minimum Gasteiger partial charge on any atom is -0.288 e. The molecular weight excluding hydrogens is 206 g/mol. The first-order chi connectivity index (χ1) is 7.20. The van der Waals surface area contributed by atoms with Crippen LogP contribution in [0.25, 0.3) is 0 Å². The Kier molecular flexibility index (Phi) is 4.92. The number of nitrogens with zero attached hydrogens (tertiary/aromatic N) is 1. The Morgan fingerprint density at radius 2 is 2.40 bits per heavy atom. The predicted molar refractivity (Wildman–Crippen MR) is 63.6 cm³/mol. The van der Waals surface area contributed by atoms with Gasteiger partial charge in [0, 0.05) is 37.1 Å². The number of rotatable bonds is 2. The van der Waals surface area contributed by atoms with Gasteiger partial charge in [0.05, 0.1) is 0 Å². The van der Waals surface area contributed by atoms with Crippen LogP contribution >= 0.6 is 11.8 Å². The lowest BCUT2D eigenvalue weighted by molar-refractivity contribution is -0.109. The molecule has 1 aromatic heterocycles. The second-order valence-electron chi connectivity index (χ2n) is 3.08. The highest BCUT2D eigenvalue weighted by atomic mass is 32.2. The molecule has 0 atom stereocenters. The second kappa shape index (κ2) is 6.26. The van der Waals surface area contributed by atoms with Crippen molar-refractivity contribution in [2.45, 2.75) is 20.3 Å². The molecule has 0 bridgehead atoms. The van der Waals surface area contributed by atoms with E-state index in [9.17, 15) is 4.79 Å². The van der Waals surface area contributed by atoms with Gasteiger partial charge in [0.2, 0.25) is 0 Å². The van der Waals surface area contributed by atoms with Crippen LogP contribution < -0.4 is 0 Å². The van der Waals surface area contributed by atoms with E-state index < -0.39 is 0 Å².